The van der Waals surface area contributed by atoms with E-state index in [1.165, 1.54) is 42.6 Å². The Morgan fingerprint density at radius 3 is 2.41 bits per heavy atom. The second-order valence-electron chi connectivity index (χ2n) is 3.24. The molecule has 5 heteroatoms. The van der Waals surface area contributed by atoms with Crippen LogP contribution in [0, 0.1) is 5.82 Å². The van der Waals surface area contributed by atoms with Gasteiger partial charge in [-0.1, -0.05) is 0 Å². The van der Waals surface area contributed by atoms with Crippen LogP contribution in [0.15, 0.2) is 42.6 Å². The smallest absolute Gasteiger partial charge is 0.387 e. The van der Waals surface area contributed by atoms with Gasteiger partial charge < -0.3 is 4.74 Å². The van der Waals surface area contributed by atoms with Crippen molar-refractivity contribution in [2.75, 3.05) is 0 Å². The number of aromatic nitrogens is 1. The SMILES string of the molecule is Fc1ccc(-c2ncccc2OC(F)F)cc1. The molecular formula is C12H8F3NO. The summed E-state index contributed by atoms with van der Waals surface area (Å²) in [4.78, 5) is 3.95. The van der Waals surface area contributed by atoms with Crippen LogP contribution in [-0.4, -0.2) is 11.6 Å². The first kappa shape index (κ1) is 11.4. The minimum atomic E-state index is -2.92. The number of benzene rings is 1. The predicted molar refractivity (Wildman–Crippen MR) is 56.3 cm³/mol. The number of hydrogen-bond acceptors (Lipinski definition) is 2. The molecule has 17 heavy (non-hydrogen) atoms. The fourth-order valence-electron chi connectivity index (χ4n) is 1.41. The van der Waals surface area contributed by atoms with Crippen LogP contribution in [0.2, 0.25) is 0 Å². The van der Waals surface area contributed by atoms with Gasteiger partial charge in [0, 0.05) is 11.8 Å². The summed E-state index contributed by atoms with van der Waals surface area (Å²) < 4.78 is 41.4. The van der Waals surface area contributed by atoms with Crippen LogP contribution in [0.3, 0.4) is 0 Å². The van der Waals surface area contributed by atoms with Gasteiger partial charge in [-0.2, -0.15) is 8.78 Å². The number of halogens is 3. The molecule has 1 heterocycles. The van der Waals surface area contributed by atoms with Gasteiger partial charge >= 0.3 is 6.61 Å². The Morgan fingerprint density at radius 2 is 1.76 bits per heavy atom. The Kier molecular flexibility index (Phi) is 3.27. The van der Waals surface area contributed by atoms with E-state index in [0.717, 1.165) is 0 Å². The van der Waals surface area contributed by atoms with Crippen LogP contribution in [0.25, 0.3) is 11.3 Å². The molecule has 0 aliphatic rings. The van der Waals surface area contributed by atoms with Crippen molar-refractivity contribution in [2.24, 2.45) is 0 Å². The number of rotatable bonds is 3. The average molecular weight is 239 g/mol. The molecule has 0 unspecified atom stereocenters. The maximum Gasteiger partial charge on any atom is 0.387 e. The molecule has 0 radical (unpaired) electrons. The first-order valence-electron chi connectivity index (χ1n) is 4.82. The van der Waals surface area contributed by atoms with Gasteiger partial charge in [0.15, 0.2) is 5.75 Å². The number of hydrogen-bond donors (Lipinski definition) is 0. The number of ether oxygens (including phenoxy) is 1. The van der Waals surface area contributed by atoms with Gasteiger partial charge in [0.2, 0.25) is 0 Å². The van der Waals surface area contributed by atoms with Crippen molar-refractivity contribution >= 4 is 0 Å². The summed E-state index contributed by atoms with van der Waals surface area (Å²) >= 11 is 0. The van der Waals surface area contributed by atoms with Crippen LogP contribution in [0.5, 0.6) is 5.75 Å². The van der Waals surface area contributed by atoms with E-state index in [1.54, 1.807) is 0 Å². The molecule has 0 spiro atoms. The molecular weight excluding hydrogens is 231 g/mol. The normalized spacial score (nSPS) is 10.6. The summed E-state index contributed by atoms with van der Waals surface area (Å²) in [5.74, 6) is -0.435. The topological polar surface area (TPSA) is 22.1 Å². The lowest BCUT2D eigenvalue weighted by Gasteiger charge is -2.09. The van der Waals surface area contributed by atoms with Crippen molar-refractivity contribution in [1.29, 1.82) is 0 Å². The third-order valence-corrected chi connectivity index (χ3v) is 2.10. The zero-order valence-electron chi connectivity index (χ0n) is 8.61. The van der Waals surface area contributed by atoms with Crippen LogP contribution in [0.1, 0.15) is 0 Å². The van der Waals surface area contributed by atoms with E-state index in [9.17, 15) is 13.2 Å². The van der Waals surface area contributed by atoms with Gasteiger partial charge in [-0.05, 0) is 36.4 Å². The summed E-state index contributed by atoms with van der Waals surface area (Å²) in [6.45, 7) is -2.92. The highest BCUT2D eigenvalue weighted by molar-refractivity contribution is 5.65. The number of pyridine rings is 1. The van der Waals surface area contributed by atoms with Crippen molar-refractivity contribution < 1.29 is 17.9 Å². The van der Waals surface area contributed by atoms with Gasteiger partial charge in [0.25, 0.3) is 0 Å². The first-order valence-corrected chi connectivity index (χ1v) is 4.82. The van der Waals surface area contributed by atoms with Crippen LogP contribution >= 0.6 is 0 Å². The van der Waals surface area contributed by atoms with Crippen molar-refractivity contribution in [1.82, 2.24) is 4.98 Å². The van der Waals surface area contributed by atoms with Gasteiger partial charge in [-0.25, -0.2) is 4.39 Å². The van der Waals surface area contributed by atoms with E-state index < -0.39 is 12.4 Å². The maximum atomic E-state index is 12.7. The van der Waals surface area contributed by atoms with Crippen molar-refractivity contribution in [2.45, 2.75) is 6.61 Å². The van der Waals surface area contributed by atoms with Crippen LogP contribution in [0.4, 0.5) is 13.2 Å². The molecule has 2 rings (SSSR count). The van der Waals surface area contributed by atoms with Crippen molar-refractivity contribution in [3.8, 4) is 17.0 Å². The highest BCUT2D eigenvalue weighted by Crippen LogP contribution is 2.28. The van der Waals surface area contributed by atoms with Gasteiger partial charge in [0.1, 0.15) is 11.5 Å². The molecule has 0 saturated heterocycles. The second kappa shape index (κ2) is 4.86. The van der Waals surface area contributed by atoms with Crippen LogP contribution in [-0.2, 0) is 0 Å². The Morgan fingerprint density at radius 1 is 1.06 bits per heavy atom. The molecule has 0 aliphatic carbocycles. The molecule has 0 saturated carbocycles. The highest BCUT2D eigenvalue weighted by Gasteiger charge is 2.11. The molecule has 2 nitrogen and oxygen atoms in total. The lowest BCUT2D eigenvalue weighted by molar-refractivity contribution is -0.0496. The average Bonchev–Trinajstić information content (AvgIpc) is 2.30. The highest BCUT2D eigenvalue weighted by atomic mass is 19.3. The molecule has 88 valence electrons. The lowest BCUT2D eigenvalue weighted by atomic mass is 10.1. The van der Waals surface area contributed by atoms with E-state index in [4.69, 9.17) is 0 Å². The van der Waals surface area contributed by atoms with Crippen LogP contribution < -0.4 is 4.74 Å². The van der Waals surface area contributed by atoms with E-state index in [2.05, 4.69) is 9.72 Å². The molecule has 0 atom stereocenters. The summed E-state index contributed by atoms with van der Waals surface area (Å²) in [7, 11) is 0. The zero-order valence-corrected chi connectivity index (χ0v) is 8.61. The summed E-state index contributed by atoms with van der Waals surface area (Å²) in [5.41, 5.74) is 0.774. The lowest BCUT2D eigenvalue weighted by Crippen LogP contribution is -2.03. The fourth-order valence-corrected chi connectivity index (χ4v) is 1.41. The minimum Gasteiger partial charge on any atom is -0.432 e. The molecule has 1 aromatic heterocycles. The van der Waals surface area contributed by atoms with E-state index in [-0.39, 0.29) is 11.4 Å². The maximum absolute atomic E-state index is 12.7. The molecule has 0 aliphatic heterocycles. The molecule has 2 aromatic rings. The van der Waals surface area contributed by atoms with Gasteiger partial charge in [-0.15, -0.1) is 0 Å². The Bertz CT molecular complexity index is 499. The Labute approximate surface area is 95.7 Å². The summed E-state index contributed by atoms with van der Waals surface area (Å²) in [6, 6.07) is 8.25. The fraction of sp³-hybridized carbons (Fsp3) is 0.0833. The standard InChI is InChI=1S/C12H8F3NO/c13-9-5-3-8(4-6-9)11-10(17-12(14)15)2-1-7-16-11/h1-7,12H. The second-order valence-corrected chi connectivity index (χ2v) is 3.24. The first-order chi connectivity index (χ1) is 8.16. The predicted octanol–water partition coefficient (Wildman–Crippen LogP) is 3.49. The minimum absolute atomic E-state index is 0.0332. The Hall–Kier alpha value is -2.04. The summed E-state index contributed by atoms with van der Waals surface area (Å²) in [5, 5.41) is 0. The van der Waals surface area contributed by atoms with E-state index in [0.29, 0.717) is 5.56 Å². The Balaban J connectivity index is 2.40. The molecule has 0 N–H and O–H groups in total. The number of alkyl halides is 2. The molecule has 0 amide bonds. The summed E-state index contributed by atoms with van der Waals surface area (Å²) in [6.07, 6.45) is 1.46. The van der Waals surface area contributed by atoms with Crippen molar-refractivity contribution in [3.63, 3.8) is 0 Å². The third-order valence-electron chi connectivity index (χ3n) is 2.10. The van der Waals surface area contributed by atoms with E-state index in [1.807, 2.05) is 0 Å². The number of nitrogens with zero attached hydrogens (tertiary/aromatic N) is 1. The largest absolute Gasteiger partial charge is 0.432 e. The third kappa shape index (κ3) is 2.75. The molecule has 1 aromatic carbocycles. The van der Waals surface area contributed by atoms with E-state index >= 15 is 0 Å². The molecule has 0 bridgehead atoms. The zero-order chi connectivity index (χ0) is 12.3. The quantitative estimate of drug-likeness (QED) is 0.817. The van der Waals surface area contributed by atoms with Crippen molar-refractivity contribution in [3.05, 3.63) is 48.4 Å². The van der Waals surface area contributed by atoms with Gasteiger partial charge in [-0.3, -0.25) is 4.98 Å². The van der Waals surface area contributed by atoms with Gasteiger partial charge in [0.05, 0.1) is 0 Å². The molecule has 0 fully saturated rings. The monoisotopic (exact) mass is 239 g/mol.